The van der Waals surface area contributed by atoms with Gasteiger partial charge in [-0.05, 0) is 82.0 Å². The summed E-state index contributed by atoms with van der Waals surface area (Å²) in [6, 6.07) is 6.24. The minimum Gasteiger partial charge on any atom is -0.497 e. The van der Waals surface area contributed by atoms with E-state index in [0.717, 1.165) is 10.8 Å². The van der Waals surface area contributed by atoms with E-state index in [4.69, 9.17) is 18.4 Å². The van der Waals surface area contributed by atoms with Crippen LogP contribution in [0.5, 0.6) is 11.6 Å². The minimum atomic E-state index is -4.40. The molecule has 14 heteroatoms. The zero-order valence-corrected chi connectivity index (χ0v) is 27.4. The highest BCUT2D eigenvalue weighted by Crippen LogP contribution is 2.47. The molecular formula is C31H42N4O9S. The predicted molar refractivity (Wildman–Crippen MR) is 164 cm³/mol. The molecule has 13 nitrogen and oxygen atoms in total. The minimum absolute atomic E-state index is 0.0267. The SMILES string of the molecule is CCC1CC1(NC(=O)C1CC(Oc2nccc3cc(OC)ccc23)CN1C(=O)OC(C)(C)C)C(=O)NS(=O)(=O)OC1(CC)CC1. The normalized spacial score (nSPS) is 25.4. The monoisotopic (exact) mass is 646 g/mol. The van der Waals surface area contributed by atoms with Crippen LogP contribution in [0, 0.1) is 5.92 Å². The van der Waals surface area contributed by atoms with Gasteiger partial charge in [0.1, 0.15) is 29.0 Å². The number of aromatic nitrogens is 1. The van der Waals surface area contributed by atoms with Crippen molar-refractivity contribution in [3.63, 3.8) is 0 Å². The Morgan fingerprint density at radius 3 is 2.47 bits per heavy atom. The lowest BCUT2D eigenvalue weighted by atomic mass is 10.1. The van der Waals surface area contributed by atoms with E-state index in [-0.39, 0.29) is 25.3 Å². The van der Waals surface area contributed by atoms with Crippen LogP contribution in [0.1, 0.15) is 73.1 Å². The van der Waals surface area contributed by atoms with E-state index < -0.39 is 57.1 Å². The third-order valence-corrected chi connectivity index (χ3v) is 9.72. The molecule has 0 spiro atoms. The highest BCUT2D eigenvalue weighted by Gasteiger charge is 2.62. The molecule has 45 heavy (non-hydrogen) atoms. The number of nitrogens with one attached hydrogen (secondary N) is 2. The lowest BCUT2D eigenvalue weighted by molar-refractivity contribution is -0.132. The molecule has 1 saturated heterocycles. The molecule has 4 unspecified atom stereocenters. The zero-order valence-electron chi connectivity index (χ0n) is 26.5. The van der Waals surface area contributed by atoms with Gasteiger partial charge in [0.2, 0.25) is 11.8 Å². The lowest BCUT2D eigenvalue weighted by Gasteiger charge is -2.29. The van der Waals surface area contributed by atoms with Crippen molar-refractivity contribution >= 4 is 39.0 Å². The zero-order chi connectivity index (χ0) is 32.8. The second kappa shape index (κ2) is 11.9. The number of hydrogen-bond donors (Lipinski definition) is 2. The van der Waals surface area contributed by atoms with Crippen LogP contribution in [-0.2, 0) is 28.8 Å². The van der Waals surface area contributed by atoms with Gasteiger partial charge in [0.25, 0.3) is 5.91 Å². The van der Waals surface area contributed by atoms with Crippen molar-refractivity contribution in [2.45, 2.75) is 102 Å². The van der Waals surface area contributed by atoms with Crippen molar-refractivity contribution in [1.29, 1.82) is 0 Å². The molecule has 2 saturated carbocycles. The maximum Gasteiger partial charge on any atom is 0.411 e. The number of amides is 3. The van der Waals surface area contributed by atoms with Crippen LogP contribution in [0.2, 0.25) is 0 Å². The first-order valence-corrected chi connectivity index (χ1v) is 16.7. The van der Waals surface area contributed by atoms with Gasteiger partial charge >= 0.3 is 16.4 Å². The number of fused-ring (bicyclic) bond motifs is 1. The summed E-state index contributed by atoms with van der Waals surface area (Å²) < 4.78 is 49.9. The largest absolute Gasteiger partial charge is 0.497 e. The molecule has 3 fully saturated rings. The van der Waals surface area contributed by atoms with Crippen LogP contribution in [-0.4, -0.2) is 78.8 Å². The summed E-state index contributed by atoms with van der Waals surface area (Å²) in [5.41, 5.74) is -3.07. The molecule has 2 aromatic rings. The standard InChI is InChI=1S/C31H42N4O9S/c1-7-20-17-31(20,27(37)34-45(39,40)44-30(8-2)12-13-30)33-25(36)24-16-22(18-35(24)28(38)43-29(3,4)5)42-26-23-10-9-21(41-6)15-19(23)11-14-32-26/h9-11,14-15,20,22,24H,7-8,12-13,16-18H2,1-6H3,(H,33,36)(H,34,37). The molecule has 246 valence electrons. The third-order valence-electron chi connectivity index (χ3n) is 8.71. The lowest BCUT2D eigenvalue weighted by Crippen LogP contribution is -2.57. The first-order chi connectivity index (χ1) is 21.1. The van der Waals surface area contributed by atoms with Gasteiger partial charge in [0.15, 0.2) is 0 Å². The Labute approximate surface area is 263 Å². The van der Waals surface area contributed by atoms with E-state index in [1.807, 2.05) is 36.8 Å². The maximum absolute atomic E-state index is 13.9. The summed E-state index contributed by atoms with van der Waals surface area (Å²) >= 11 is 0. The van der Waals surface area contributed by atoms with E-state index in [9.17, 15) is 22.8 Å². The Morgan fingerprint density at radius 1 is 1.13 bits per heavy atom. The summed E-state index contributed by atoms with van der Waals surface area (Å²) in [5.74, 6) is -0.759. The van der Waals surface area contributed by atoms with Gasteiger partial charge in [-0.3, -0.25) is 14.5 Å². The molecule has 1 aliphatic heterocycles. The van der Waals surface area contributed by atoms with Crippen molar-refractivity contribution < 1.29 is 41.2 Å². The quantitative estimate of drug-likeness (QED) is 0.369. The molecule has 3 aliphatic rings. The highest BCUT2D eigenvalue weighted by atomic mass is 32.2. The third kappa shape index (κ3) is 7.11. The van der Waals surface area contributed by atoms with Crippen molar-refractivity contribution in [2.24, 2.45) is 5.92 Å². The van der Waals surface area contributed by atoms with Gasteiger partial charge in [-0.15, -0.1) is 0 Å². The van der Waals surface area contributed by atoms with Gasteiger partial charge in [-0.1, -0.05) is 20.3 Å². The summed E-state index contributed by atoms with van der Waals surface area (Å²) in [5, 5.41) is 4.37. The average Bonchev–Trinajstić information content (AvgIpc) is 3.85. The summed E-state index contributed by atoms with van der Waals surface area (Å²) in [7, 11) is -2.82. The smallest absolute Gasteiger partial charge is 0.411 e. The molecule has 2 heterocycles. The molecule has 2 N–H and O–H groups in total. The molecule has 5 rings (SSSR count). The number of ether oxygens (including phenoxy) is 3. The number of methoxy groups -OCH3 is 1. The van der Waals surface area contributed by atoms with Crippen molar-refractivity contribution in [1.82, 2.24) is 19.9 Å². The molecule has 1 aromatic carbocycles. The van der Waals surface area contributed by atoms with Crippen molar-refractivity contribution in [3.8, 4) is 11.6 Å². The highest BCUT2D eigenvalue weighted by molar-refractivity contribution is 7.85. The summed E-state index contributed by atoms with van der Waals surface area (Å²) in [4.78, 5) is 46.3. The first kappa shape index (κ1) is 32.7. The number of hydrogen-bond acceptors (Lipinski definition) is 10. The van der Waals surface area contributed by atoms with E-state index in [1.165, 1.54) is 4.90 Å². The molecular weight excluding hydrogens is 604 g/mol. The second-order valence-electron chi connectivity index (χ2n) is 13.1. The number of nitrogens with zero attached hydrogens (tertiary/aromatic N) is 2. The van der Waals surface area contributed by atoms with Crippen LogP contribution < -0.4 is 19.5 Å². The van der Waals surface area contributed by atoms with Crippen LogP contribution in [0.4, 0.5) is 4.79 Å². The van der Waals surface area contributed by atoms with E-state index >= 15 is 0 Å². The molecule has 2 aliphatic carbocycles. The van der Waals surface area contributed by atoms with Crippen LogP contribution >= 0.6 is 0 Å². The number of rotatable bonds is 11. The molecule has 0 bridgehead atoms. The van der Waals surface area contributed by atoms with Gasteiger partial charge in [0, 0.05) is 18.0 Å². The fourth-order valence-electron chi connectivity index (χ4n) is 5.87. The Balaban J connectivity index is 1.35. The molecule has 4 atom stereocenters. The number of pyridine rings is 1. The number of carbonyl (C=O) groups is 3. The second-order valence-corrected chi connectivity index (χ2v) is 14.4. The predicted octanol–water partition coefficient (Wildman–Crippen LogP) is 3.61. The molecule has 3 amide bonds. The Bertz CT molecular complexity index is 1590. The van der Waals surface area contributed by atoms with Gasteiger partial charge in [-0.25, -0.2) is 18.7 Å². The number of benzene rings is 1. The van der Waals surface area contributed by atoms with Gasteiger partial charge in [0.05, 0.1) is 19.3 Å². The fraction of sp³-hybridized carbons (Fsp3) is 0.613. The van der Waals surface area contributed by atoms with Crippen LogP contribution in [0.15, 0.2) is 30.5 Å². The summed E-state index contributed by atoms with van der Waals surface area (Å²) in [6.07, 6.45) is 2.80. The van der Waals surface area contributed by atoms with Crippen LogP contribution in [0.25, 0.3) is 10.8 Å². The molecule has 1 aromatic heterocycles. The Hall–Kier alpha value is -3.65. The summed E-state index contributed by atoms with van der Waals surface area (Å²) in [6.45, 7) is 8.87. The van der Waals surface area contributed by atoms with Gasteiger partial charge in [-0.2, -0.15) is 8.42 Å². The number of carbonyl (C=O) groups excluding carboxylic acids is 3. The number of likely N-dealkylation sites (tertiary alicyclic amines) is 1. The fourth-order valence-corrected chi connectivity index (χ4v) is 7.07. The topological polar surface area (TPSA) is 162 Å². The van der Waals surface area contributed by atoms with E-state index in [1.54, 1.807) is 40.1 Å². The van der Waals surface area contributed by atoms with E-state index in [0.29, 0.717) is 37.3 Å². The average molecular weight is 647 g/mol. The Morgan fingerprint density at radius 2 is 1.87 bits per heavy atom. The molecule has 0 radical (unpaired) electrons. The maximum atomic E-state index is 13.9. The first-order valence-electron chi connectivity index (χ1n) is 15.3. The van der Waals surface area contributed by atoms with Crippen LogP contribution in [0.3, 0.4) is 0 Å². The van der Waals surface area contributed by atoms with Crippen molar-refractivity contribution in [3.05, 3.63) is 30.5 Å². The van der Waals surface area contributed by atoms with Gasteiger partial charge < -0.3 is 19.5 Å². The van der Waals surface area contributed by atoms with Crippen molar-refractivity contribution in [2.75, 3.05) is 13.7 Å². The van der Waals surface area contributed by atoms with E-state index in [2.05, 4.69) is 10.3 Å². The Kier molecular flexibility index (Phi) is 8.68.